The predicted molar refractivity (Wildman–Crippen MR) is 119 cm³/mol. The molecule has 1 saturated heterocycles. The molecule has 1 unspecified atom stereocenters. The highest BCUT2D eigenvalue weighted by Gasteiger charge is 2.42. The van der Waals surface area contributed by atoms with Gasteiger partial charge < -0.3 is 18.9 Å². The predicted octanol–water partition coefficient (Wildman–Crippen LogP) is 2.56. The van der Waals surface area contributed by atoms with Gasteiger partial charge in [-0.25, -0.2) is 4.79 Å². The van der Waals surface area contributed by atoms with Crippen LogP contribution in [-0.2, 0) is 42.9 Å². The van der Waals surface area contributed by atoms with Gasteiger partial charge in [0.1, 0.15) is 5.60 Å². The van der Waals surface area contributed by atoms with E-state index in [1.807, 2.05) is 0 Å². The SMILES string of the molecule is CCOC(=O)C1CCC(OC[C@H]2CCCN2OS(=O)(=O)C(OCC)C(=O)OC(C)(C)C)CC1. The smallest absolute Gasteiger partial charge is 0.354 e. The van der Waals surface area contributed by atoms with Gasteiger partial charge in [-0.1, -0.05) is 0 Å². The van der Waals surface area contributed by atoms with Crippen molar-refractivity contribution >= 4 is 22.1 Å². The van der Waals surface area contributed by atoms with Gasteiger partial charge in [0.15, 0.2) is 0 Å². The molecule has 1 heterocycles. The van der Waals surface area contributed by atoms with E-state index in [-0.39, 0.29) is 30.6 Å². The van der Waals surface area contributed by atoms with Gasteiger partial charge in [0.25, 0.3) is 5.44 Å². The molecule has 1 aliphatic carbocycles. The van der Waals surface area contributed by atoms with Gasteiger partial charge in [0.2, 0.25) is 0 Å². The Hall–Kier alpha value is -1.27. The number of carbonyl (C=O) groups is 2. The summed E-state index contributed by atoms with van der Waals surface area (Å²) in [6.07, 6.45) is 4.39. The lowest BCUT2D eigenvalue weighted by atomic mass is 9.87. The Labute approximate surface area is 197 Å². The molecule has 2 aliphatic rings. The van der Waals surface area contributed by atoms with Crippen molar-refractivity contribution in [1.82, 2.24) is 5.06 Å². The standard InChI is InChI=1S/C22H39NO9S/c1-6-28-19(24)16-10-12-18(13-11-16)30-15-17-9-8-14-23(17)32-33(26,27)21(29-7-2)20(25)31-22(3,4)5/h16-18,21H,6-15H2,1-5H3/t16?,17-,18?,21?/m1/s1. The molecule has 192 valence electrons. The second-order valence-corrected chi connectivity index (χ2v) is 10.9. The van der Waals surface area contributed by atoms with Gasteiger partial charge in [0, 0.05) is 13.2 Å². The molecule has 2 atom stereocenters. The maximum absolute atomic E-state index is 12.8. The van der Waals surface area contributed by atoms with E-state index in [9.17, 15) is 18.0 Å². The molecule has 0 spiro atoms. The summed E-state index contributed by atoms with van der Waals surface area (Å²) in [4.78, 5) is 24.3. The van der Waals surface area contributed by atoms with Crippen molar-refractivity contribution in [2.75, 3.05) is 26.4 Å². The molecular formula is C22H39NO9S. The average Bonchev–Trinajstić information content (AvgIpc) is 3.15. The quantitative estimate of drug-likeness (QED) is 0.397. The zero-order chi connectivity index (χ0) is 24.6. The molecule has 33 heavy (non-hydrogen) atoms. The van der Waals surface area contributed by atoms with Crippen LogP contribution < -0.4 is 0 Å². The van der Waals surface area contributed by atoms with Crippen LogP contribution in [0.2, 0.25) is 0 Å². The van der Waals surface area contributed by atoms with Crippen molar-refractivity contribution in [3.05, 3.63) is 0 Å². The molecule has 2 rings (SSSR count). The Kier molecular flexibility index (Phi) is 10.5. The minimum absolute atomic E-state index is 0.00710. The highest BCUT2D eigenvalue weighted by Crippen LogP contribution is 2.29. The normalized spacial score (nSPS) is 25.5. The number of hydrogen-bond donors (Lipinski definition) is 0. The molecule has 2 fully saturated rings. The third-order valence-corrected chi connectivity index (χ3v) is 6.77. The van der Waals surface area contributed by atoms with Gasteiger partial charge in [0.05, 0.1) is 31.3 Å². The van der Waals surface area contributed by atoms with E-state index in [4.69, 9.17) is 23.2 Å². The summed E-state index contributed by atoms with van der Waals surface area (Å²) in [7, 11) is -4.42. The van der Waals surface area contributed by atoms with Crippen molar-refractivity contribution in [1.29, 1.82) is 0 Å². The van der Waals surface area contributed by atoms with Gasteiger partial charge in [-0.2, -0.15) is 17.8 Å². The Balaban J connectivity index is 1.90. The van der Waals surface area contributed by atoms with Crippen LogP contribution in [-0.4, -0.2) is 75.0 Å². The molecule has 0 aromatic heterocycles. The molecule has 0 radical (unpaired) electrons. The summed E-state index contributed by atoms with van der Waals surface area (Å²) in [5.74, 6) is -1.23. The summed E-state index contributed by atoms with van der Waals surface area (Å²) in [5.41, 5.74) is -2.72. The Bertz CT molecular complexity index is 741. The zero-order valence-electron chi connectivity index (χ0n) is 20.4. The molecule has 0 aromatic rings. The molecule has 0 bridgehead atoms. The third-order valence-electron chi connectivity index (χ3n) is 5.52. The largest absolute Gasteiger partial charge is 0.466 e. The fraction of sp³-hybridized carbons (Fsp3) is 0.909. The highest BCUT2D eigenvalue weighted by atomic mass is 32.2. The molecule has 0 amide bonds. The lowest BCUT2D eigenvalue weighted by molar-refractivity contribution is -0.164. The van der Waals surface area contributed by atoms with Crippen molar-refractivity contribution in [2.45, 2.75) is 96.3 Å². The average molecular weight is 494 g/mol. The zero-order valence-corrected chi connectivity index (χ0v) is 21.2. The maximum atomic E-state index is 12.8. The number of ether oxygens (including phenoxy) is 4. The van der Waals surface area contributed by atoms with E-state index in [1.54, 1.807) is 34.6 Å². The third kappa shape index (κ3) is 8.79. The van der Waals surface area contributed by atoms with E-state index < -0.39 is 27.1 Å². The van der Waals surface area contributed by atoms with Crippen LogP contribution in [0.4, 0.5) is 0 Å². The van der Waals surface area contributed by atoms with E-state index in [0.717, 1.165) is 19.3 Å². The fourth-order valence-corrected chi connectivity index (χ4v) is 5.12. The molecule has 0 N–H and O–H groups in total. The Morgan fingerprint density at radius 1 is 1.03 bits per heavy atom. The number of rotatable bonds is 11. The second-order valence-electron chi connectivity index (χ2n) is 9.38. The van der Waals surface area contributed by atoms with Crippen LogP contribution in [0.25, 0.3) is 0 Å². The van der Waals surface area contributed by atoms with Crippen LogP contribution in [0.3, 0.4) is 0 Å². The van der Waals surface area contributed by atoms with Gasteiger partial charge in [-0.05, 0) is 73.1 Å². The highest BCUT2D eigenvalue weighted by molar-refractivity contribution is 7.87. The number of carbonyl (C=O) groups excluding carboxylic acids is 2. The van der Waals surface area contributed by atoms with Gasteiger partial charge in [-0.3, -0.25) is 4.79 Å². The first kappa shape index (κ1) is 28.0. The molecule has 1 saturated carbocycles. The van der Waals surface area contributed by atoms with E-state index in [2.05, 4.69) is 0 Å². The first-order chi connectivity index (χ1) is 15.5. The van der Waals surface area contributed by atoms with Gasteiger partial charge in [-0.15, -0.1) is 0 Å². The van der Waals surface area contributed by atoms with Crippen LogP contribution in [0, 0.1) is 5.92 Å². The van der Waals surface area contributed by atoms with E-state index in [0.29, 0.717) is 39.0 Å². The minimum Gasteiger partial charge on any atom is -0.466 e. The van der Waals surface area contributed by atoms with Crippen molar-refractivity contribution < 1.29 is 41.2 Å². The monoisotopic (exact) mass is 493 g/mol. The number of hydroxylamine groups is 2. The van der Waals surface area contributed by atoms with Crippen LogP contribution in [0.1, 0.15) is 73.1 Å². The van der Waals surface area contributed by atoms with Crippen LogP contribution in [0.5, 0.6) is 0 Å². The lowest BCUT2D eigenvalue weighted by Gasteiger charge is -2.30. The molecular weight excluding hydrogens is 454 g/mol. The molecule has 10 nitrogen and oxygen atoms in total. The molecule has 1 aliphatic heterocycles. The van der Waals surface area contributed by atoms with E-state index in [1.165, 1.54) is 5.06 Å². The second kappa shape index (κ2) is 12.4. The molecule has 0 aromatic carbocycles. The Morgan fingerprint density at radius 2 is 1.70 bits per heavy atom. The topological polar surface area (TPSA) is 118 Å². The summed E-state index contributed by atoms with van der Waals surface area (Å²) in [6.45, 7) is 9.43. The van der Waals surface area contributed by atoms with Crippen molar-refractivity contribution in [2.24, 2.45) is 5.92 Å². The van der Waals surface area contributed by atoms with Crippen LogP contribution >= 0.6 is 0 Å². The first-order valence-electron chi connectivity index (χ1n) is 11.8. The van der Waals surface area contributed by atoms with Crippen molar-refractivity contribution in [3.8, 4) is 0 Å². The minimum atomic E-state index is -4.42. The van der Waals surface area contributed by atoms with Gasteiger partial charge >= 0.3 is 22.1 Å². The van der Waals surface area contributed by atoms with Crippen molar-refractivity contribution in [3.63, 3.8) is 0 Å². The van der Waals surface area contributed by atoms with Crippen LogP contribution in [0.15, 0.2) is 0 Å². The first-order valence-corrected chi connectivity index (χ1v) is 13.3. The van der Waals surface area contributed by atoms with E-state index >= 15 is 0 Å². The summed E-state index contributed by atoms with van der Waals surface area (Å²) < 4.78 is 52.5. The Morgan fingerprint density at radius 3 is 2.27 bits per heavy atom. The lowest BCUT2D eigenvalue weighted by Crippen LogP contribution is -2.44. The maximum Gasteiger partial charge on any atom is 0.354 e. The fourth-order valence-electron chi connectivity index (χ4n) is 3.99. The molecule has 11 heteroatoms. The number of nitrogens with zero attached hydrogens (tertiary/aromatic N) is 1. The summed E-state index contributed by atoms with van der Waals surface area (Å²) in [5, 5.41) is 1.36. The number of hydrogen-bond acceptors (Lipinski definition) is 10. The summed E-state index contributed by atoms with van der Waals surface area (Å²) >= 11 is 0. The summed E-state index contributed by atoms with van der Waals surface area (Å²) in [6, 6.07) is -0.261. The number of esters is 2.